The Morgan fingerprint density at radius 2 is 1.79 bits per heavy atom. The smallest absolute Gasteiger partial charge is 0.412 e. The number of nitrogens with one attached hydrogen (secondary N) is 1. The lowest BCUT2D eigenvalue weighted by atomic mass is 10.1. The van der Waals surface area contributed by atoms with Crippen LogP contribution in [-0.2, 0) is 11.3 Å². The molecule has 7 nitrogen and oxygen atoms in total. The molecule has 0 saturated heterocycles. The molecule has 2 aromatic rings. The maximum atomic E-state index is 12.0. The topological polar surface area (TPSA) is 99.9 Å². The van der Waals surface area contributed by atoms with E-state index in [1.807, 2.05) is 30.3 Å². The molecule has 0 atom stereocenters. The monoisotopic (exact) mass is 330 g/mol. The normalized spacial score (nSPS) is 9.92. The number of nitrogens with two attached hydrogens (primary N) is 1. The predicted octanol–water partition coefficient (Wildman–Crippen LogP) is 2.55. The molecule has 7 heteroatoms. The van der Waals surface area contributed by atoms with Crippen LogP contribution < -0.4 is 20.5 Å². The van der Waals surface area contributed by atoms with Crippen LogP contribution in [0.3, 0.4) is 0 Å². The molecule has 2 rings (SSSR count). The standard InChI is InChI=1S/C17H18N2O5/c1-22-12-8-13(16(18)20)15(14(9-12)23-2)19-17(21)24-10-11-6-4-3-5-7-11/h3-9H,10H2,1-2H3,(H2,18,20)(H,19,21). The summed E-state index contributed by atoms with van der Waals surface area (Å²) >= 11 is 0. The Morgan fingerprint density at radius 3 is 2.38 bits per heavy atom. The second-order valence-corrected chi connectivity index (χ2v) is 4.80. The molecule has 0 bridgehead atoms. The number of hydrogen-bond donors (Lipinski definition) is 2. The van der Waals surface area contributed by atoms with Crippen LogP contribution in [0.2, 0.25) is 0 Å². The minimum absolute atomic E-state index is 0.0582. The van der Waals surface area contributed by atoms with Crippen LogP contribution in [0.15, 0.2) is 42.5 Å². The van der Waals surface area contributed by atoms with Crippen molar-refractivity contribution in [2.45, 2.75) is 6.61 Å². The summed E-state index contributed by atoms with van der Waals surface area (Å²) in [7, 11) is 2.85. The lowest BCUT2D eigenvalue weighted by Crippen LogP contribution is -2.20. The summed E-state index contributed by atoms with van der Waals surface area (Å²) in [4.78, 5) is 23.6. The van der Waals surface area contributed by atoms with E-state index in [1.165, 1.54) is 26.4 Å². The van der Waals surface area contributed by atoms with Crippen molar-refractivity contribution in [3.8, 4) is 11.5 Å². The van der Waals surface area contributed by atoms with Gasteiger partial charge >= 0.3 is 6.09 Å². The minimum Gasteiger partial charge on any atom is -0.497 e. The fourth-order valence-electron chi connectivity index (χ4n) is 2.05. The first kappa shape index (κ1) is 17.1. The van der Waals surface area contributed by atoms with Crippen LogP contribution in [0, 0.1) is 0 Å². The van der Waals surface area contributed by atoms with Gasteiger partial charge in [0.15, 0.2) is 0 Å². The largest absolute Gasteiger partial charge is 0.497 e. The van der Waals surface area contributed by atoms with Crippen LogP contribution in [-0.4, -0.2) is 26.2 Å². The van der Waals surface area contributed by atoms with Gasteiger partial charge in [-0.05, 0) is 11.6 Å². The molecule has 24 heavy (non-hydrogen) atoms. The molecule has 0 aliphatic rings. The molecular weight excluding hydrogens is 312 g/mol. The third-order valence-electron chi connectivity index (χ3n) is 3.24. The molecule has 2 amide bonds. The van der Waals surface area contributed by atoms with Crippen molar-refractivity contribution < 1.29 is 23.8 Å². The second kappa shape index (κ2) is 7.87. The molecule has 0 spiro atoms. The van der Waals surface area contributed by atoms with E-state index in [0.717, 1.165) is 5.56 Å². The van der Waals surface area contributed by atoms with Gasteiger partial charge in [0.25, 0.3) is 5.91 Å². The zero-order valence-electron chi connectivity index (χ0n) is 13.4. The van der Waals surface area contributed by atoms with Crippen LogP contribution in [0.25, 0.3) is 0 Å². The Morgan fingerprint density at radius 1 is 1.08 bits per heavy atom. The van der Waals surface area contributed by atoms with Gasteiger partial charge < -0.3 is 19.9 Å². The Bertz CT molecular complexity index is 731. The van der Waals surface area contributed by atoms with Crippen molar-refractivity contribution >= 4 is 17.7 Å². The van der Waals surface area contributed by atoms with Crippen LogP contribution in [0.5, 0.6) is 11.5 Å². The highest BCUT2D eigenvalue weighted by Crippen LogP contribution is 2.33. The fourth-order valence-corrected chi connectivity index (χ4v) is 2.05. The first-order valence-electron chi connectivity index (χ1n) is 7.08. The van der Waals surface area contributed by atoms with E-state index in [2.05, 4.69) is 5.32 Å². The first-order valence-corrected chi connectivity index (χ1v) is 7.08. The fraction of sp³-hybridized carbons (Fsp3) is 0.176. The minimum atomic E-state index is -0.732. The average molecular weight is 330 g/mol. The summed E-state index contributed by atoms with van der Waals surface area (Å²) in [5, 5.41) is 2.49. The van der Waals surface area contributed by atoms with Gasteiger partial charge in [0, 0.05) is 6.07 Å². The number of primary amides is 1. The maximum Gasteiger partial charge on any atom is 0.412 e. The lowest BCUT2D eigenvalue weighted by molar-refractivity contribution is 0.100. The van der Waals surface area contributed by atoms with Crippen molar-refractivity contribution in [3.63, 3.8) is 0 Å². The van der Waals surface area contributed by atoms with Crippen molar-refractivity contribution in [1.82, 2.24) is 0 Å². The van der Waals surface area contributed by atoms with Gasteiger partial charge in [-0.1, -0.05) is 30.3 Å². The molecule has 0 unspecified atom stereocenters. The van der Waals surface area contributed by atoms with E-state index in [0.29, 0.717) is 5.75 Å². The SMILES string of the molecule is COc1cc(OC)c(NC(=O)OCc2ccccc2)c(C(N)=O)c1. The summed E-state index contributed by atoms with van der Waals surface area (Å²) in [5.41, 5.74) is 6.38. The van der Waals surface area contributed by atoms with E-state index in [-0.39, 0.29) is 23.6 Å². The van der Waals surface area contributed by atoms with Crippen LogP contribution in [0.1, 0.15) is 15.9 Å². The number of anilines is 1. The third-order valence-corrected chi connectivity index (χ3v) is 3.24. The Kier molecular flexibility index (Phi) is 5.62. The molecule has 0 heterocycles. The van der Waals surface area contributed by atoms with Crippen molar-refractivity contribution in [3.05, 3.63) is 53.6 Å². The third kappa shape index (κ3) is 4.16. The number of benzene rings is 2. The van der Waals surface area contributed by atoms with Gasteiger partial charge in [0.2, 0.25) is 0 Å². The summed E-state index contributed by atoms with van der Waals surface area (Å²) in [6.45, 7) is 0.0943. The Labute approximate surface area is 139 Å². The zero-order valence-corrected chi connectivity index (χ0v) is 13.4. The molecule has 0 aromatic heterocycles. The van der Waals surface area contributed by atoms with Crippen molar-refractivity contribution in [2.24, 2.45) is 5.73 Å². The number of amides is 2. The van der Waals surface area contributed by atoms with E-state index in [9.17, 15) is 9.59 Å². The molecule has 126 valence electrons. The maximum absolute atomic E-state index is 12.0. The molecule has 0 aliphatic carbocycles. The predicted molar refractivity (Wildman–Crippen MR) is 88.3 cm³/mol. The number of carbonyl (C=O) groups excluding carboxylic acids is 2. The highest BCUT2D eigenvalue weighted by atomic mass is 16.5. The zero-order chi connectivity index (χ0) is 17.5. The van der Waals surface area contributed by atoms with Crippen LogP contribution in [0.4, 0.5) is 10.5 Å². The lowest BCUT2D eigenvalue weighted by Gasteiger charge is -2.15. The molecule has 3 N–H and O–H groups in total. The van der Waals surface area contributed by atoms with Gasteiger partial charge in [-0.2, -0.15) is 0 Å². The van der Waals surface area contributed by atoms with Gasteiger partial charge in [0.05, 0.1) is 25.5 Å². The van der Waals surface area contributed by atoms with Gasteiger partial charge in [-0.3, -0.25) is 10.1 Å². The molecule has 0 aliphatic heterocycles. The number of hydrogen-bond acceptors (Lipinski definition) is 5. The summed E-state index contributed by atoms with van der Waals surface area (Å²) in [5.74, 6) is -0.116. The highest BCUT2D eigenvalue weighted by Gasteiger charge is 2.19. The molecule has 0 fully saturated rings. The molecule has 2 aromatic carbocycles. The van der Waals surface area contributed by atoms with E-state index in [4.69, 9.17) is 19.9 Å². The van der Waals surface area contributed by atoms with Gasteiger partial charge in [0.1, 0.15) is 18.1 Å². The molecular formula is C17H18N2O5. The van der Waals surface area contributed by atoms with E-state index >= 15 is 0 Å². The van der Waals surface area contributed by atoms with E-state index < -0.39 is 12.0 Å². The van der Waals surface area contributed by atoms with E-state index in [1.54, 1.807) is 0 Å². The number of carbonyl (C=O) groups is 2. The van der Waals surface area contributed by atoms with Crippen LogP contribution >= 0.6 is 0 Å². The average Bonchev–Trinajstić information content (AvgIpc) is 2.60. The number of methoxy groups -OCH3 is 2. The Balaban J connectivity index is 2.18. The summed E-state index contributed by atoms with van der Waals surface area (Å²) in [6.07, 6.45) is -0.732. The highest BCUT2D eigenvalue weighted by molar-refractivity contribution is 6.04. The van der Waals surface area contributed by atoms with Gasteiger partial charge in [-0.15, -0.1) is 0 Å². The van der Waals surface area contributed by atoms with Crippen molar-refractivity contribution in [1.29, 1.82) is 0 Å². The van der Waals surface area contributed by atoms with Gasteiger partial charge in [-0.25, -0.2) is 4.79 Å². The number of rotatable bonds is 6. The molecule has 0 radical (unpaired) electrons. The second-order valence-electron chi connectivity index (χ2n) is 4.80. The summed E-state index contributed by atoms with van der Waals surface area (Å²) in [6, 6.07) is 12.1. The summed E-state index contributed by atoms with van der Waals surface area (Å²) < 4.78 is 15.4. The van der Waals surface area contributed by atoms with Crippen molar-refractivity contribution in [2.75, 3.05) is 19.5 Å². The Hall–Kier alpha value is -3.22. The first-order chi connectivity index (χ1) is 11.5. The quantitative estimate of drug-likeness (QED) is 0.848. The molecule has 0 saturated carbocycles. The number of ether oxygens (including phenoxy) is 3.